The van der Waals surface area contributed by atoms with E-state index in [1.54, 1.807) is 43.3 Å². The zero-order valence-corrected chi connectivity index (χ0v) is 18.1. The number of hydrogen-bond donors (Lipinski definition) is 2. The monoisotopic (exact) mass is 434 g/mol. The second-order valence-electron chi connectivity index (χ2n) is 7.68. The summed E-state index contributed by atoms with van der Waals surface area (Å²) in [4.78, 5) is 25.3. The summed E-state index contributed by atoms with van der Waals surface area (Å²) in [5.74, 6) is 1.02. The summed E-state index contributed by atoms with van der Waals surface area (Å²) in [6, 6.07) is 15.0. The van der Waals surface area contributed by atoms with Crippen LogP contribution in [0.25, 0.3) is 0 Å². The van der Waals surface area contributed by atoms with E-state index in [1.807, 2.05) is 30.3 Å². The molecule has 1 aliphatic rings. The molecule has 0 aliphatic carbocycles. The maximum absolute atomic E-state index is 12.7. The number of carbonyl (C=O) groups is 2. The van der Waals surface area contributed by atoms with Gasteiger partial charge >= 0.3 is 0 Å². The fraction of sp³-hybridized carbons (Fsp3) is 0.292. The standard InChI is InChI=1S/C24H26N4O4/c1-31-19-8-9-22(32-2)17(10-19)11-23(29)27-18-12-21-20(14-26-28(21)15-18)24(30)25-13-16-6-4-3-5-7-16/h3-10,14,18H,11-13,15H2,1-2H3,(H,25,30)(H,27,29)/t18-/m0/s1. The Bertz CT molecular complexity index is 1110. The molecule has 8 nitrogen and oxygen atoms in total. The lowest BCUT2D eigenvalue weighted by atomic mass is 10.1. The summed E-state index contributed by atoms with van der Waals surface area (Å²) in [5.41, 5.74) is 3.16. The van der Waals surface area contributed by atoms with Gasteiger partial charge in [-0.05, 0) is 23.8 Å². The van der Waals surface area contributed by atoms with Crippen LogP contribution in [-0.4, -0.2) is 41.9 Å². The van der Waals surface area contributed by atoms with Crippen LogP contribution in [0, 0.1) is 0 Å². The first kappa shape index (κ1) is 21.4. The van der Waals surface area contributed by atoms with Crippen LogP contribution in [0.3, 0.4) is 0 Å². The molecular formula is C24H26N4O4. The smallest absolute Gasteiger partial charge is 0.255 e. The van der Waals surface area contributed by atoms with E-state index in [4.69, 9.17) is 9.47 Å². The number of methoxy groups -OCH3 is 2. The number of carbonyl (C=O) groups excluding carboxylic acids is 2. The lowest BCUT2D eigenvalue weighted by Crippen LogP contribution is -2.37. The molecule has 32 heavy (non-hydrogen) atoms. The van der Waals surface area contributed by atoms with Crippen LogP contribution in [0.4, 0.5) is 0 Å². The van der Waals surface area contributed by atoms with Gasteiger partial charge < -0.3 is 20.1 Å². The number of rotatable bonds is 8. The van der Waals surface area contributed by atoms with Crippen molar-refractivity contribution in [1.29, 1.82) is 0 Å². The number of ether oxygens (including phenoxy) is 2. The molecule has 0 saturated heterocycles. The molecule has 2 aromatic carbocycles. The Balaban J connectivity index is 1.35. The third kappa shape index (κ3) is 4.74. The molecule has 1 aromatic heterocycles. The van der Waals surface area contributed by atoms with Crippen LogP contribution in [0.1, 0.15) is 27.2 Å². The molecule has 2 amide bonds. The molecule has 0 unspecified atom stereocenters. The lowest BCUT2D eigenvalue weighted by molar-refractivity contribution is -0.121. The van der Waals surface area contributed by atoms with Crippen LogP contribution in [0.5, 0.6) is 11.5 Å². The van der Waals surface area contributed by atoms with Crippen LogP contribution in [0.15, 0.2) is 54.7 Å². The van der Waals surface area contributed by atoms with Gasteiger partial charge in [-0.15, -0.1) is 0 Å². The molecule has 4 rings (SSSR count). The highest BCUT2D eigenvalue weighted by Gasteiger charge is 2.29. The minimum absolute atomic E-state index is 0.122. The molecule has 3 aromatic rings. The highest BCUT2D eigenvalue weighted by Crippen LogP contribution is 2.25. The summed E-state index contributed by atoms with van der Waals surface area (Å²) in [6.07, 6.45) is 2.31. The predicted octanol–water partition coefficient (Wildman–Crippen LogP) is 2.11. The van der Waals surface area contributed by atoms with E-state index in [2.05, 4.69) is 15.7 Å². The molecule has 0 bridgehead atoms. The number of nitrogens with zero attached hydrogens (tertiary/aromatic N) is 2. The predicted molar refractivity (Wildman–Crippen MR) is 119 cm³/mol. The van der Waals surface area contributed by atoms with Gasteiger partial charge in [-0.25, -0.2) is 0 Å². The number of fused-ring (bicyclic) bond motifs is 1. The topological polar surface area (TPSA) is 94.5 Å². The Morgan fingerprint density at radius 2 is 1.94 bits per heavy atom. The number of benzene rings is 2. The average molecular weight is 434 g/mol. The maximum atomic E-state index is 12.7. The highest BCUT2D eigenvalue weighted by molar-refractivity contribution is 5.95. The molecular weight excluding hydrogens is 408 g/mol. The number of aromatic nitrogens is 2. The molecule has 0 spiro atoms. The van der Waals surface area contributed by atoms with Crippen LogP contribution < -0.4 is 20.1 Å². The zero-order chi connectivity index (χ0) is 22.5. The fourth-order valence-corrected chi connectivity index (χ4v) is 3.92. The lowest BCUT2D eigenvalue weighted by Gasteiger charge is -2.14. The van der Waals surface area contributed by atoms with Crippen molar-refractivity contribution in [3.63, 3.8) is 0 Å². The fourth-order valence-electron chi connectivity index (χ4n) is 3.92. The van der Waals surface area contributed by atoms with Crippen LogP contribution in [-0.2, 0) is 30.7 Å². The first-order valence-electron chi connectivity index (χ1n) is 10.4. The summed E-state index contributed by atoms with van der Waals surface area (Å²) in [7, 11) is 3.16. The molecule has 166 valence electrons. The number of hydrogen-bond acceptors (Lipinski definition) is 5. The molecule has 1 atom stereocenters. The van der Waals surface area contributed by atoms with E-state index in [0.717, 1.165) is 16.8 Å². The third-order valence-electron chi connectivity index (χ3n) is 5.53. The normalized spacial score (nSPS) is 14.5. The zero-order valence-electron chi connectivity index (χ0n) is 18.1. The van der Waals surface area contributed by atoms with Gasteiger partial charge in [0.2, 0.25) is 5.91 Å². The Kier molecular flexibility index (Phi) is 6.39. The van der Waals surface area contributed by atoms with Crippen molar-refractivity contribution in [2.24, 2.45) is 0 Å². The Morgan fingerprint density at radius 1 is 1.12 bits per heavy atom. The summed E-state index contributed by atoms with van der Waals surface area (Å²) in [6.45, 7) is 0.981. The molecule has 0 radical (unpaired) electrons. The quantitative estimate of drug-likeness (QED) is 0.566. The molecule has 2 N–H and O–H groups in total. The number of nitrogens with one attached hydrogen (secondary N) is 2. The third-order valence-corrected chi connectivity index (χ3v) is 5.53. The minimum Gasteiger partial charge on any atom is -0.497 e. The molecule has 0 fully saturated rings. The van der Waals surface area contributed by atoms with E-state index >= 15 is 0 Å². The second-order valence-corrected chi connectivity index (χ2v) is 7.68. The van der Waals surface area contributed by atoms with Gasteiger partial charge in [0.05, 0.1) is 50.7 Å². The average Bonchev–Trinajstić information content (AvgIpc) is 3.38. The van der Waals surface area contributed by atoms with Crippen molar-refractivity contribution >= 4 is 11.8 Å². The maximum Gasteiger partial charge on any atom is 0.255 e. The molecule has 1 aliphatic heterocycles. The van der Waals surface area contributed by atoms with E-state index in [9.17, 15) is 9.59 Å². The van der Waals surface area contributed by atoms with E-state index in [0.29, 0.717) is 36.6 Å². The van der Waals surface area contributed by atoms with Crippen molar-refractivity contribution < 1.29 is 19.1 Å². The van der Waals surface area contributed by atoms with Crippen molar-refractivity contribution in [2.45, 2.75) is 32.0 Å². The Labute approximate surface area is 186 Å². The van der Waals surface area contributed by atoms with Crippen LogP contribution >= 0.6 is 0 Å². The van der Waals surface area contributed by atoms with E-state index in [1.165, 1.54) is 0 Å². The van der Waals surface area contributed by atoms with Gasteiger partial charge in [-0.1, -0.05) is 30.3 Å². The summed E-state index contributed by atoms with van der Waals surface area (Å²) >= 11 is 0. The van der Waals surface area contributed by atoms with Gasteiger partial charge in [0.25, 0.3) is 5.91 Å². The molecule has 0 saturated carbocycles. The van der Waals surface area contributed by atoms with Gasteiger partial charge in [-0.2, -0.15) is 5.10 Å². The number of amides is 2. The molecule has 8 heteroatoms. The first-order chi connectivity index (χ1) is 15.6. The minimum atomic E-state index is -0.164. The van der Waals surface area contributed by atoms with E-state index in [-0.39, 0.29) is 24.3 Å². The van der Waals surface area contributed by atoms with Gasteiger partial charge in [0.15, 0.2) is 0 Å². The van der Waals surface area contributed by atoms with Crippen molar-refractivity contribution in [2.75, 3.05) is 14.2 Å². The van der Waals surface area contributed by atoms with Crippen molar-refractivity contribution in [1.82, 2.24) is 20.4 Å². The first-order valence-corrected chi connectivity index (χ1v) is 10.4. The summed E-state index contributed by atoms with van der Waals surface area (Å²) in [5, 5.41) is 10.3. The van der Waals surface area contributed by atoms with Crippen LogP contribution in [0.2, 0.25) is 0 Å². The van der Waals surface area contributed by atoms with Crippen molar-refractivity contribution in [3.05, 3.63) is 77.1 Å². The summed E-state index contributed by atoms with van der Waals surface area (Å²) < 4.78 is 12.4. The van der Waals surface area contributed by atoms with Gasteiger partial charge in [0.1, 0.15) is 11.5 Å². The van der Waals surface area contributed by atoms with E-state index < -0.39 is 0 Å². The van der Waals surface area contributed by atoms with Crippen molar-refractivity contribution in [3.8, 4) is 11.5 Å². The molecule has 2 heterocycles. The van der Waals surface area contributed by atoms with Gasteiger partial charge in [-0.3, -0.25) is 14.3 Å². The largest absolute Gasteiger partial charge is 0.497 e. The van der Waals surface area contributed by atoms with Gasteiger partial charge in [0, 0.05) is 18.5 Å². The SMILES string of the molecule is COc1ccc(OC)c(CC(=O)N[C@H]2Cc3c(C(=O)NCc4ccccc4)cnn3C2)c1. The Hall–Kier alpha value is -3.81. The second kappa shape index (κ2) is 9.55. The highest BCUT2D eigenvalue weighted by atomic mass is 16.5. The Morgan fingerprint density at radius 3 is 2.69 bits per heavy atom.